The van der Waals surface area contributed by atoms with Crippen molar-refractivity contribution >= 4 is 11.8 Å². The Morgan fingerprint density at radius 2 is 1.92 bits per heavy atom. The van der Waals surface area contributed by atoms with Gasteiger partial charge in [0, 0.05) is 16.7 Å². The Morgan fingerprint density at radius 3 is 2.42 bits per heavy atom. The zero-order valence-corrected chi connectivity index (χ0v) is 14.6. The van der Waals surface area contributed by atoms with Crippen LogP contribution in [-0.4, -0.2) is 51.5 Å². The topological polar surface area (TPSA) is 145 Å². The van der Waals surface area contributed by atoms with Crippen LogP contribution in [0.3, 0.4) is 0 Å². The third kappa shape index (κ3) is 6.66. The van der Waals surface area contributed by atoms with Gasteiger partial charge in [0.2, 0.25) is 0 Å². The van der Waals surface area contributed by atoms with E-state index in [2.05, 4.69) is 17.2 Å². The van der Waals surface area contributed by atoms with Crippen LogP contribution in [0.5, 0.6) is 0 Å². The van der Waals surface area contributed by atoms with E-state index in [-0.39, 0.29) is 6.61 Å². The second kappa shape index (κ2) is 9.70. The van der Waals surface area contributed by atoms with Gasteiger partial charge in [0.1, 0.15) is 6.04 Å². The van der Waals surface area contributed by atoms with Crippen LogP contribution >= 0.6 is 0 Å². The van der Waals surface area contributed by atoms with Crippen LogP contribution in [0.4, 0.5) is 0 Å². The number of aliphatic hydroxyl groups is 2. The Morgan fingerprint density at radius 1 is 1.31 bits per heavy atom. The molecule has 0 aliphatic carbocycles. The molecule has 0 saturated heterocycles. The van der Waals surface area contributed by atoms with Crippen molar-refractivity contribution in [2.75, 3.05) is 6.61 Å². The van der Waals surface area contributed by atoms with Gasteiger partial charge in [-0.25, -0.2) is 5.48 Å². The second-order valence-electron chi connectivity index (χ2n) is 6.16. The van der Waals surface area contributed by atoms with Gasteiger partial charge in [0.25, 0.3) is 11.8 Å². The number of nitrogens with two attached hydrogens (primary N) is 1. The Bertz CT molecular complexity index is 711. The van der Waals surface area contributed by atoms with Crippen LogP contribution < -0.4 is 16.5 Å². The highest BCUT2D eigenvalue weighted by Crippen LogP contribution is 2.09. The second-order valence-corrected chi connectivity index (χ2v) is 6.16. The van der Waals surface area contributed by atoms with Crippen LogP contribution in [0.15, 0.2) is 36.4 Å². The van der Waals surface area contributed by atoms with E-state index in [1.807, 2.05) is 0 Å². The minimum absolute atomic E-state index is 0.293. The van der Waals surface area contributed by atoms with Crippen molar-refractivity contribution in [2.45, 2.75) is 31.5 Å². The summed E-state index contributed by atoms with van der Waals surface area (Å²) in [6, 6.07) is 5.17. The number of hydrogen-bond donors (Lipinski definition) is 6. The number of carbonyl (C=O) groups is 2. The Balaban J connectivity index is 2.82. The number of amides is 2. The molecular formula is C18H23N3O5. The molecule has 8 nitrogen and oxygen atoms in total. The number of hydroxylamine groups is 1. The van der Waals surface area contributed by atoms with Crippen molar-refractivity contribution in [3.8, 4) is 11.8 Å². The van der Waals surface area contributed by atoms with Gasteiger partial charge in [-0.1, -0.05) is 11.8 Å². The average Bonchev–Trinajstić information content (AvgIpc) is 2.61. The summed E-state index contributed by atoms with van der Waals surface area (Å²) in [4.78, 5) is 24.0. The lowest BCUT2D eigenvalue weighted by Gasteiger charge is -2.29. The lowest BCUT2D eigenvalue weighted by atomic mass is 9.95. The number of allylic oxidation sites excluding steroid dienone is 1. The van der Waals surface area contributed by atoms with Gasteiger partial charge in [-0.05, 0) is 50.3 Å². The van der Waals surface area contributed by atoms with Crippen LogP contribution in [0.1, 0.15) is 29.8 Å². The molecule has 2 amide bonds. The first-order valence-electron chi connectivity index (χ1n) is 7.80. The molecule has 26 heavy (non-hydrogen) atoms. The molecule has 0 aliphatic heterocycles. The van der Waals surface area contributed by atoms with E-state index in [0.29, 0.717) is 11.1 Å². The number of aliphatic hydroxyl groups excluding tert-OH is 2. The van der Waals surface area contributed by atoms with E-state index in [9.17, 15) is 9.59 Å². The lowest BCUT2D eigenvalue weighted by molar-refractivity contribution is -0.132. The maximum absolute atomic E-state index is 12.3. The standard InChI is InChI=1S/C18H23N3O5/c1-18(2,19)15(17(25)21-26)20-16(24)13-9-7-12(8-10-13)5-3-4-6-14(23)11-22/h4,6-10,14-15,22-23,26H,11,19H2,1-2H3,(H,20,24)(H,21,25). The summed E-state index contributed by atoms with van der Waals surface area (Å²) in [7, 11) is 0. The summed E-state index contributed by atoms with van der Waals surface area (Å²) >= 11 is 0. The van der Waals surface area contributed by atoms with Crippen molar-refractivity contribution < 1.29 is 25.0 Å². The van der Waals surface area contributed by atoms with Crippen LogP contribution in [-0.2, 0) is 4.79 Å². The first kappa shape index (κ1) is 21.3. The molecule has 2 unspecified atom stereocenters. The van der Waals surface area contributed by atoms with Gasteiger partial charge in [0.15, 0.2) is 0 Å². The quantitative estimate of drug-likeness (QED) is 0.224. The van der Waals surface area contributed by atoms with Gasteiger partial charge in [-0.15, -0.1) is 0 Å². The fourth-order valence-electron chi connectivity index (χ4n) is 1.92. The molecule has 1 aromatic rings. The van der Waals surface area contributed by atoms with Gasteiger partial charge < -0.3 is 21.3 Å². The van der Waals surface area contributed by atoms with Crippen LogP contribution in [0.25, 0.3) is 0 Å². The first-order valence-corrected chi connectivity index (χ1v) is 7.80. The smallest absolute Gasteiger partial charge is 0.267 e. The molecule has 2 atom stereocenters. The van der Waals surface area contributed by atoms with E-state index in [1.165, 1.54) is 29.8 Å². The maximum atomic E-state index is 12.3. The van der Waals surface area contributed by atoms with Crippen molar-refractivity contribution in [2.24, 2.45) is 5.73 Å². The Labute approximate surface area is 151 Å². The molecule has 0 aliphatic rings. The normalized spacial score (nSPS) is 13.5. The SMILES string of the molecule is CC(C)(N)C(NC(=O)c1ccc(C#CC=CC(O)CO)cc1)C(=O)NO. The molecule has 0 radical (unpaired) electrons. The summed E-state index contributed by atoms with van der Waals surface area (Å²) in [5, 5.41) is 29.1. The third-order valence-corrected chi connectivity index (χ3v) is 3.34. The van der Waals surface area contributed by atoms with Gasteiger partial charge in [-0.2, -0.15) is 0 Å². The van der Waals surface area contributed by atoms with Crippen LogP contribution in [0.2, 0.25) is 0 Å². The molecule has 0 saturated carbocycles. The maximum Gasteiger partial charge on any atom is 0.267 e. The summed E-state index contributed by atoms with van der Waals surface area (Å²) in [6.07, 6.45) is 1.82. The Kier molecular flexibility index (Phi) is 7.96. The average molecular weight is 361 g/mol. The molecule has 0 spiro atoms. The summed E-state index contributed by atoms with van der Waals surface area (Å²) < 4.78 is 0. The molecular weight excluding hydrogens is 338 g/mol. The van der Waals surface area contributed by atoms with Gasteiger partial charge in [-0.3, -0.25) is 14.8 Å². The highest BCUT2D eigenvalue weighted by molar-refractivity contribution is 5.97. The zero-order valence-electron chi connectivity index (χ0n) is 14.6. The zero-order chi connectivity index (χ0) is 19.7. The minimum Gasteiger partial charge on any atom is -0.393 e. The van der Waals surface area contributed by atoms with Gasteiger partial charge >= 0.3 is 0 Å². The number of rotatable bonds is 6. The molecule has 1 aromatic carbocycles. The molecule has 7 N–H and O–H groups in total. The molecule has 8 heteroatoms. The van der Waals surface area contributed by atoms with Crippen molar-refractivity contribution in [1.82, 2.24) is 10.8 Å². The predicted molar refractivity (Wildman–Crippen MR) is 95.0 cm³/mol. The number of hydrogen-bond acceptors (Lipinski definition) is 6. The third-order valence-electron chi connectivity index (χ3n) is 3.34. The molecule has 1 rings (SSSR count). The first-order chi connectivity index (χ1) is 12.2. The predicted octanol–water partition coefficient (Wildman–Crippen LogP) is -0.711. The van der Waals surface area contributed by atoms with Crippen molar-refractivity contribution in [3.63, 3.8) is 0 Å². The summed E-state index contributed by atoms with van der Waals surface area (Å²) in [5.74, 6) is 4.15. The van der Waals surface area contributed by atoms with E-state index < -0.39 is 29.5 Å². The molecule has 0 aromatic heterocycles. The monoisotopic (exact) mass is 361 g/mol. The van der Waals surface area contributed by atoms with E-state index in [4.69, 9.17) is 21.2 Å². The highest BCUT2D eigenvalue weighted by Gasteiger charge is 2.33. The summed E-state index contributed by atoms with van der Waals surface area (Å²) in [5.41, 5.74) is 7.19. The fourth-order valence-corrected chi connectivity index (χ4v) is 1.92. The minimum atomic E-state index is -1.12. The van der Waals surface area contributed by atoms with E-state index >= 15 is 0 Å². The molecule has 0 fully saturated rings. The van der Waals surface area contributed by atoms with Crippen molar-refractivity contribution in [3.05, 3.63) is 47.5 Å². The van der Waals surface area contributed by atoms with E-state index in [0.717, 1.165) is 0 Å². The highest BCUT2D eigenvalue weighted by atomic mass is 16.5. The Hall–Kier alpha value is -2.70. The largest absolute Gasteiger partial charge is 0.393 e. The number of nitrogens with one attached hydrogen (secondary N) is 2. The molecule has 0 heterocycles. The fraction of sp³-hybridized carbons (Fsp3) is 0.333. The number of benzene rings is 1. The van der Waals surface area contributed by atoms with Gasteiger partial charge in [0.05, 0.1) is 12.7 Å². The van der Waals surface area contributed by atoms with E-state index in [1.54, 1.807) is 26.0 Å². The molecule has 140 valence electrons. The molecule has 0 bridgehead atoms. The lowest BCUT2D eigenvalue weighted by Crippen LogP contribution is -2.61. The van der Waals surface area contributed by atoms with Crippen LogP contribution in [0, 0.1) is 11.8 Å². The van der Waals surface area contributed by atoms with Crippen molar-refractivity contribution in [1.29, 1.82) is 0 Å². The summed E-state index contributed by atoms with van der Waals surface area (Å²) in [6.45, 7) is 2.72. The number of carbonyl (C=O) groups excluding carboxylic acids is 2.